The summed E-state index contributed by atoms with van der Waals surface area (Å²) < 4.78 is 12.6. The molecule has 0 rings (SSSR count). The Morgan fingerprint density at radius 1 is 1.62 bits per heavy atom. The third kappa shape index (κ3) is 4.22. The van der Waals surface area contributed by atoms with E-state index in [1.807, 2.05) is 0 Å². The maximum absolute atomic E-state index is 12.6. The Balaban J connectivity index is 4.40. The van der Waals surface area contributed by atoms with Crippen LogP contribution >= 0.6 is 0 Å². The van der Waals surface area contributed by atoms with E-state index in [0.29, 0.717) is 0 Å². The molecule has 1 atom stereocenters. The summed E-state index contributed by atoms with van der Waals surface area (Å²) in [6.45, 7) is 10.2. The van der Waals surface area contributed by atoms with Gasteiger partial charge in [0, 0.05) is 11.8 Å². The van der Waals surface area contributed by atoms with Crippen LogP contribution in [0.1, 0.15) is 0 Å². The summed E-state index contributed by atoms with van der Waals surface area (Å²) in [5, 5.41) is 2.76. The van der Waals surface area contributed by atoms with Crippen LogP contribution in [0.25, 0.3) is 0 Å². The van der Waals surface area contributed by atoms with Crippen molar-refractivity contribution in [3.8, 4) is 0 Å². The first-order chi connectivity index (χ1) is 6.13. The quantitative estimate of drug-likeness (QED) is 0.479. The average Bonchev–Trinajstić information content (AvgIpc) is 2.11. The van der Waals surface area contributed by atoms with Crippen molar-refractivity contribution in [1.82, 2.24) is 5.32 Å². The van der Waals surface area contributed by atoms with Crippen LogP contribution in [0.4, 0.5) is 4.39 Å². The largest absolute Gasteiger partial charge is 0.380 e. The third-order valence-corrected chi connectivity index (χ3v) is 1.38. The van der Waals surface area contributed by atoms with Crippen LogP contribution < -0.4 is 11.1 Å². The fourth-order valence-corrected chi connectivity index (χ4v) is 0.696. The molecule has 0 heterocycles. The minimum Gasteiger partial charge on any atom is -0.380 e. The van der Waals surface area contributed by atoms with Gasteiger partial charge in [-0.05, 0) is 6.20 Å². The van der Waals surface area contributed by atoms with Gasteiger partial charge in [-0.1, -0.05) is 19.7 Å². The molecule has 3 N–H and O–H groups in total. The smallest absolute Gasteiger partial charge is 0.121 e. The predicted molar refractivity (Wildman–Crippen MR) is 54.1 cm³/mol. The van der Waals surface area contributed by atoms with Gasteiger partial charge in [-0.3, -0.25) is 4.99 Å². The highest BCUT2D eigenvalue weighted by molar-refractivity contribution is 5.70. The second-order valence-electron chi connectivity index (χ2n) is 2.29. The molecule has 0 amide bonds. The van der Waals surface area contributed by atoms with Crippen molar-refractivity contribution in [2.24, 2.45) is 10.7 Å². The molecule has 0 aliphatic heterocycles. The summed E-state index contributed by atoms with van der Waals surface area (Å²) in [6, 6.07) is -0.432. The highest BCUT2D eigenvalue weighted by atomic mass is 19.1. The number of nitrogens with zero attached hydrogens (tertiary/aromatic N) is 1. The molecule has 0 aliphatic carbocycles. The Morgan fingerprint density at radius 3 is 2.62 bits per heavy atom. The molecule has 0 bridgehead atoms. The van der Waals surface area contributed by atoms with Gasteiger partial charge in [-0.15, -0.1) is 0 Å². The molecule has 4 heteroatoms. The lowest BCUT2D eigenvalue weighted by molar-refractivity contribution is 0.635. The molecule has 3 nitrogen and oxygen atoms in total. The fraction of sp³-hybridized carbons (Fsp3) is 0.222. The van der Waals surface area contributed by atoms with Crippen molar-refractivity contribution >= 4 is 6.21 Å². The highest BCUT2D eigenvalue weighted by Crippen LogP contribution is 2.09. The first kappa shape index (κ1) is 11.6. The van der Waals surface area contributed by atoms with Crippen LogP contribution in [0.3, 0.4) is 0 Å². The molecule has 1 unspecified atom stereocenters. The normalized spacial score (nSPS) is 12.5. The Labute approximate surface area is 77.5 Å². The molecule has 0 aromatic carbocycles. The minimum absolute atomic E-state index is 0.154. The van der Waals surface area contributed by atoms with Gasteiger partial charge in [-0.2, -0.15) is 0 Å². The zero-order valence-electron chi connectivity index (χ0n) is 7.46. The monoisotopic (exact) mass is 183 g/mol. The molecular formula is C9H14FN3. The van der Waals surface area contributed by atoms with Crippen LogP contribution in [-0.4, -0.2) is 18.9 Å². The van der Waals surface area contributed by atoms with Crippen molar-refractivity contribution in [2.75, 3.05) is 6.67 Å². The molecular weight excluding hydrogens is 169 g/mol. The maximum atomic E-state index is 12.6. The van der Waals surface area contributed by atoms with Gasteiger partial charge in [0.15, 0.2) is 0 Å². The zero-order valence-corrected chi connectivity index (χ0v) is 7.46. The van der Waals surface area contributed by atoms with Gasteiger partial charge in [0.05, 0.1) is 12.7 Å². The van der Waals surface area contributed by atoms with E-state index in [1.54, 1.807) is 0 Å². The van der Waals surface area contributed by atoms with Crippen molar-refractivity contribution < 1.29 is 4.39 Å². The van der Waals surface area contributed by atoms with E-state index in [-0.39, 0.29) is 12.2 Å². The summed E-state index contributed by atoms with van der Waals surface area (Å²) in [4.78, 5) is 3.77. The summed E-state index contributed by atoms with van der Waals surface area (Å²) in [7, 11) is 0. The third-order valence-electron chi connectivity index (χ3n) is 1.38. The Kier molecular flexibility index (Phi) is 5.47. The number of nitrogens with one attached hydrogen (secondary N) is 1. The van der Waals surface area contributed by atoms with E-state index in [9.17, 15) is 4.39 Å². The van der Waals surface area contributed by atoms with Crippen LogP contribution in [0.2, 0.25) is 0 Å². The molecule has 0 fully saturated rings. The molecule has 13 heavy (non-hydrogen) atoms. The van der Waals surface area contributed by atoms with Crippen molar-refractivity contribution in [1.29, 1.82) is 0 Å². The van der Waals surface area contributed by atoms with Gasteiger partial charge in [0.25, 0.3) is 0 Å². The first-order valence-corrected chi connectivity index (χ1v) is 3.74. The molecule has 0 aromatic rings. The van der Waals surface area contributed by atoms with Crippen LogP contribution in [0.15, 0.2) is 42.3 Å². The van der Waals surface area contributed by atoms with Gasteiger partial charge in [0.1, 0.15) is 5.83 Å². The summed E-state index contributed by atoms with van der Waals surface area (Å²) >= 11 is 0. The SMILES string of the molecule is C=CNC(C=NCN)C(=C)C(=C)F. The Bertz CT molecular complexity index is 233. The molecule has 0 saturated heterocycles. The number of halogens is 1. The van der Waals surface area contributed by atoms with Gasteiger partial charge in [0.2, 0.25) is 0 Å². The fourth-order valence-electron chi connectivity index (χ4n) is 0.696. The van der Waals surface area contributed by atoms with E-state index in [2.05, 4.69) is 30.0 Å². The first-order valence-electron chi connectivity index (χ1n) is 3.74. The van der Waals surface area contributed by atoms with Gasteiger partial charge in [-0.25, -0.2) is 4.39 Å². The van der Waals surface area contributed by atoms with Crippen molar-refractivity contribution in [3.05, 3.63) is 37.3 Å². The molecule has 0 aromatic heterocycles. The second-order valence-corrected chi connectivity index (χ2v) is 2.29. The van der Waals surface area contributed by atoms with Crippen LogP contribution in [-0.2, 0) is 0 Å². The van der Waals surface area contributed by atoms with Crippen LogP contribution in [0, 0.1) is 0 Å². The lowest BCUT2D eigenvalue weighted by atomic mass is 10.1. The summed E-state index contributed by atoms with van der Waals surface area (Å²) in [6.07, 6.45) is 2.90. The Morgan fingerprint density at radius 2 is 2.23 bits per heavy atom. The number of rotatable bonds is 6. The van der Waals surface area contributed by atoms with E-state index in [0.717, 1.165) is 0 Å². The topological polar surface area (TPSA) is 50.4 Å². The Hall–Kier alpha value is -1.42. The number of hydrogen-bond donors (Lipinski definition) is 2. The van der Waals surface area contributed by atoms with Crippen molar-refractivity contribution in [2.45, 2.75) is 6.04 Å². The molecule has 0 radical (unpaired) electrons. The minimum atomic E-state index is -0.581. The lowest BCUT2D eigenvalue weighted by Gasteiger charge is -2.13. The summed E-state index contributed by atoms with van der Waals surface area (Å²) in [5.74, 6) is -0.581. The number of aliphatic imine (C=N–C) groups is 1. The average molecular weight is 183 g/mol. The van der Waals surface area contributed by atoms with E-state index in [1.165, 1.54) is 12.4 Å². The van der Waals surface area contributed by atoms with Gasteiger partial charge < -0.3 is 11.1 Å². The van der Waals surface area contributed by atoms with Crippen LogP contribution in [0.5, 0.6) is 0 Å². The predicted octanol–water partition coefficient (Wildman–Crippen LogP) is 1.11. The standard InChI is InChI=1S/C9H14FN3/c1-4-13-9(5-12-6-11)7(2)8(3)10/h4-5,9,13H,1-3,6,11H2. The summed E-state index contributed by atoms with van der Waals surface area (Å²) in [5.41, 5.74) is 5.37. The lowest BCUT2D eigenvalue weighted by Crippen LogP contribution is -2.28. The number of nitrogens with two attached hydrogens (primary N) is 1. The van der Waals surface area contributed by atoms with E-state index >= 15 is 0 Å². The molecule has 0 spiro atoms. The van der Waals surface area contributed by atoms with E-state index < -0.39 is 11.9 Å². The highest BCUT2D eigenvalue weighted by Gasteiger charge is 2.10. The molecule has 0 aliphatic rings. The zero-order chi connectivity index (χ0) is 10.3. The molecule has 72 valence electrons. The second kappa shape index (κ2) is 6.14. The number of hydrogen-bond acceptors (Lipinski definition) is 3. The maximum Gasteiger partial charge on any atom is 0.121 e. The van der Waals surface area contributed by atoms with Crippen molar-refractivity contribution in [3.63, 3.8) is 0 Å². The van der Waals surface area contributed by atoms with Gasteiger partial charge >= 0.3 is 0 Å². The molecule has 0 saturated carbocycles. The van der Waals surface area contributed by atoms with E-state index in [4.69, 9.17) is 5.73 Å².